The molecule has 6 heteroatoms. The Bertz CT molecular complexity index is 1000. The van der Waals surface area contributed by atoms with Crippen LogP contribution in [0.15, 0.2) is 52.0 Å². The lowest BCUT2D eigenvalue weighted by atomic mass is 10.1. The van der Waals surface area contributed by atoms with Crippen molar-refractivity contribution in [2.24, 2.45) is 4.99 Å². The zero-order chi connectivity index (χ0) is 20.1. The van der Waals surface area contributed by atoms with Crippen LogP contribution in [0.2, 0.25) is 0 Å². The first-order valence-corrected chi connectivity index (χ1v) is 8.89. The second-order valence-corrected chi connectivity index (χ2v) is 6.58. The lowest BCUT2D eigenvalue weighted by Gasteiger charge is -2.10. The lowest BCUT2D eigenvalue weighted by Crippen LogP contribution is -2.03. The van der Waals surface area contributed by atoms with Crippen LogP contribution in [0.4, 0.5) is 0 Å². The van der Waals surface area contributed by atoms with Gasteiger partial charge in [0.25, 0.3) is 0 Å². The lowest BCUT2D eigenvalue weighted by molar-refractivity contribution is -0.136. The summed E-state index contributed by atoms with van der Waals surface area (Å²) in [4.78, 5) is 15.1. The Morgan fingerprint density at radius 1 is 1.21 bits per heavy atom. The largest absolute Gasteiger partial charge is 0.487 e. The summed E-state index contributed by atoms with van der Waals surface area (Å²) < 4.78 is 11.5. The van der Waals surface area contributed by atoms with Gasteiger partial charge in [-0.1, -0.05) is 47.1 Å². The smallest absolute Gasteiger partial charge is 0.307 e. The van der Waals surface area contributed by atoms with E-state index < -0.39 is 5.97 Å². The van der Waals surface area contributed by atoms with Crippen molar-refractivity contribution in [3.8, 4) is 17.1 Å². The second kappa shape index (κ2) is 8.52. The van der Waals surface area contributed by atoms with E-state index in [1.165, 1.54) is 0 Å². The molecule has 144 valence electrons. The Balaban J connectivity index is 1.85. The first-order valence-electron chi connectivity index (χ1n) is 8.89. The maximum Gasteiger partial charge on any atom is 0.307 e. The predicted octanol–water partition coefficient (Wildman–Crippen LogP) is 4.21. The van der Waals surface area contributed by atoms with Crippen molar-refractivity contribution in [1.29, 1.82) is 0 Å². The van der Waals surface area contributed by atoms with E-state index in [1.54, 1.807) is 25.4 Å². The molecule has 0 saturated heterocycles. The normalized spacial score (nSPS) is 11.1. The molecule has 0 unspecified atom stereocenters. The SMILES string of the molecule is CN=Cc1c(COc2cc(CC(=O)O)ccc2C)noc1-c1ccc(C)cc1. The average molecular weight is 378 g/mol. The highest BCUT2D eigenvalue weighted by Gasteiger charge is 2.17. The standard InChI is InChI=1S/C22H22N2O4/c1-14-4-8-17(9-5-14)22-18(12-23-3)19(24-28-22)13-27-20-10-16(11-21(25)26)7-6-15(20)2/h4-10,12H,11,13H2,1-3H3,(H,25,26). The molecule has 0 aliphatic rings. The summed E-state index contributed by atoms with van der Waals surface area (Å²) in [6, 6.07) is 13.4. The van der Waals surface area contributed by atoms with Gasteiger partial charge in [0.15, 0.2) is 5.76 Å². The van der Waals surface area contributed by atoms with Gasteiger partial charge in [0.2, 0.25) is 0 Å². The number of aromatic nitrogens is 1. The molecule has 1 heterocycles. The molecule has 0 fully saturated rings. The molecule has 0 radical (unpaired) electrons. The summed E-state index contributed by atoms with van der Waals surface area (Å²) in [5.41, 5.74) is 5.08. The average Bonchev–Trinajstić information content (AvgIpc) is 3.05. The van der Waals surface area contributed by atoms with Gasteiger partial charge in [-0.05, 0) is 31.0 Å². The number of hydrogen-bond donors (Lipinski definition) is 1. The van der Waals surface area contributed by atoms with Gasteiger partial charge >= 0.3 is 5.97 Å². The fourth-order valence-corrected chi connectivity index (χ4v) is 2.84. The number of carboxylic acids is 1. The maximum absolute atomic E-state index is 10.9. The Morgan fingerprint density at radius 3 is 2.64 bits per heavy atom. The first-order chi connectivity index (χ1) is 13.5. The van der Waals surface area contributed by atoms with Gasteiger partial charge in [-0.25, -0.2) is 0 Å². The number of aliphatic carboxylic acids is 1. The summed E-state index contributed by atoms with van der Waals surface area (Å²) in [6.07, 6.45) is 1.66. The van der Waals surface area contributed by atoms with Crippen LogP contribution < -0.4 is 4.74 Å². The molecule has 6 nitrogen and oxygen atoms in total. The number of rotatable bonds is 7. The number of ether oxygens (including phenoxy) is 1. The van der Waals surface area contributed by atoms with Crippen molar-refractivity contribution in [2.45, 2.75) is 26.9 Å². The molecule has 0 atom stereocenters. The van der Waals surface area contributed by atoms with Gasteiger partial charge < -0.3 is 14.4 Å². The van der Waals surface area contributed by atoms with E-state index in [9.17, 15) is 4.79 Å². The molecule has 0 bridgehead atoms. The van der Waals surface area contributed by atoms with Crippen molar-refractivity contribution in [3.63, 3.8) is 0 Å². The van der Waals surface area contributed by atoms with E-state index >= 15 is 0 Å². The summed E-state index contributed by atoms with van der Waals surface area (Å²) in [5, 5.41) is 13.1. The zero-order valence-corrected chi connectivity index (χ0v) is 16.1. The third-order valence-electron chi connectivity index (χ3n) is 4.35. The highest BCUT2D eigenvalue weighted by atomic mass is 16.5. The topological polar surface area (TPSA) is 84.9 Å². The van der Waals surface area contributed by atoms with Gasteiger partial charge in [-0.3, -0.25) is 9.79 Å². The fourth-order valence-electron chi connectivity index (χ4n) is 2.84. The minimum atomic E-state index is -0.879. The van der Waals surface area contributed by atoms with Crippen molar-refractivity contribution in [1.82, 2.24) is 5.16 Å². The number of nitrogens with zero attached hydrogens (tertiary/aromatic N) is 2. The third-order valence-corrected chi connectivity index (χ3v) is 4.35. The van der Waals surface area contributed by atoms with Crippen molar-refractivity contribution in [3.05, 3.63) is 70.4 Å². The highest BCUT2D eigenvalue weighted by Crippen LogP contribution is 2.27. The summed E-state index contributed by atoms with van der Waals surface area (Å²) in [7, 11) is 1.69. The van der Waals surface area contributed by atoms with Crippen LogP contribution in [0.5, 0.6) is 5.75 Å². The maximum atomic E-state index is 10.9. The molecule has 0 aliphatic carbocycles. The van der Waals surface area contributed by atoms with Crippen LogP contribution in [-0.2, 0) is 17.8 Å². The Morgan fingerprint density at radius 2 is 1.96 bits per heavy atom. The van der Waals surface area contributed by atoms with Crippen LogP contribution >= 0.6 is 0 Å². The van der Waals surface area contributed by atoms with Gasteiger partial charge in [-0.2, -0.15) is 0 Å². The van der Waals surface area contributed by atoms with Crippen LogP contribution in [0.25, 0.3) is 11.3 Å². The minimum Gasteiger partial charge on any atom is -0.487 e. The number of hydrogen-bond acceptors (Lipinski definition) is 5. The molecule has 0 spiro atoms. The van der Waals surface area contributed by atoms with Gasteiger partial charge in [0, 0.05) is 18.8 Å². The van der Waals surface area contributed by atoms with Crippen molar-refractivity contribution in [2.75, 3.05) is 7.05 Å². The molecule has 0 saturated carbocycles. The molecule has 1 N–H and O–H groups in total. The second-order valence-electron chi connectivity index (χ2n) is 6.58. The number of carbonyl (C=O) groups is 1. The minimum absolute atomic E-state index is 0.0497. The van der Waals surface area contributed by atoms with Gasteiger partial charge in [0.05, 0.1) is 12.0 Å². The monoisotopic (exact) mass is 378 g/mol. The molecule has 2 aromatic carbocycles. The number of carboxylic acid groups (broad SMARTS) is 1. The number of benzene rings is 2. The Labute approximate surface area is 163 Å². The van der Waals surface area contributed by atoms with E-state index in [-0.39, 0.29) is 13.0 Å². The van der Waals surface area contributed by atoms with Crippen LogP contribution in [-0.4, -0.2) is 29.5 Å². The summed E-state index contributed by atoms with van der Waals surface area (Å²) in [5.74, 6) is 0.383. The quantitative estimate of drug-likeness (QED) is 0.623. The Hall–Kier alpha value is -3.41. The molecule has 3 rings (SSSR count). The van der Waals surface area contributed by atoms with Gasteiger partial charge in [-0.15, -0.1) is 0 Å². The van der Waals surface area contributed by atoms with Crippen molar-refractivity contribution >= 4 is 12.2 Å². The molecule has 28 heavy (non-hydrogen) atoms. The highest BCUT2D eigenvalue weighted by molar-refractivity contribution is 5.89. The summed E-state index contributed by atoms with van der Waals surface area (Å²) >= 11 is 0. The van der Waals surface area contributed by atoms with Crippen LogP contribution in [0, 0.1) is 13.8 Å². The molecule has 0 amide bonds. The third kappa shape index (κ3) is 4.46. The molecular weight excluding hydrogens is 356 g/mol. The Kier molecular flexibility index (Phi) is 5.89. The van der Waals surface area contributed by atoms with E-state index in [1.807, 2.05) is 44.2 Å². The van der Waals surface area contributed by atoms with E-state index in [0.717, 1.165) is 22.3 Å². The number of aliphatic imine (C=N–C) groups is 1. The van der Waals surface area contributed by atoms with Crippen molar-refractivity contribution < 1.29 is 19.2 Å². The molecule has 3 aromatic rings. The molecule has 0 aliphatic heterocycles. The first kappa shape index (κ1) is 19.4. The van der Waals surface area contributed by atoms with E-state index in [4.69, 9.17) is 14.4 Å². The molecule has 1 aromatic heterocycles. The van der Waals surface area contributed by atoms with Crippen LogP contribution in [0.3, 0.4) is 0 Å². The predicted molar refractivity (Wildman–Crippen MR) is 107 cm³/mol. The van der Waals surface area contributed by atoms with E-state index in [0.29, 0.717) is 22.8 Å². The van der Waals surface area contributed by atoms with E-state index in [2.05, 4.69) is 10.1 Å². The fraction of sp³-hybridized carbons (Fsp3) is 0.227. The van der Waals surface area contributed by atoms with Gasteiger partial charge in [0.1, 0.15) is 18.1 Å². The zero-order valence-electron chi connectivity index (χ0n) is 16.1. The number of aryl methyl sites for hydroxylation is 2. The van der Waals surface area contributed by atoms with Crippen LogP contribution in [0.1, 0.15) is 27.9 Å². The molecular formula is C22H22N2O4. The summed E-state index contributed by atoms with van der Waals surface area (Å²) in [6.45, 7) is 4.13.